The van der Waals surface area contributed by atoms with Crippen molar-refractivity contribution in [2.45, 2.75) is 302 Å². The third-order valence-electron chi connectivity index (χ3n) is 13.6. The molecule has 1 unspecified atom stereocenters. The highest BCUT2D eigenvalue weighted by Gasteiger charge is 2.16. The van der Waals surface area contributed by atoms with Crippen LogP contribution in [0.4, 0.5) is 0 Å². The topological polar surface area (TPSA) is 72.8 Å². The van der Waals surface area contributed by atoms with Gasteiger partial charge in [0, 0.05) is 12.8 Å². The number of rotatable bonds is 57. The van der Waals surface area contributed by atoms with Crippen molar-refractivity contribution in [2.75, 3.05) is 13.2 Å². The van der Waals surface area contributed by atoms with Crippen LogP contribution in [0.3, 0.4) is 0 Å². The van der Waals surface area contributed by atoms with Gasteiger partial charge in [0.2, 0.25) is 0 Å². The number of aliphatic hydroxyl groups excluding tert-OH is 1. The van der Waals surface area contributed by atoms with E-state index in [1.807, 2.05) is 0 Å². The maximum Gasteiger partial charge on any atom is 0.306 e. The van der Waals surface area contributed by atoms with Gasteiger partial charge in [-0.2, -0.15) is 0 Å². The summed E-state index contributed by atoms with van der Waals surface area (Å²) in [5, 5.41) is 9.67. The van der Waals surface area contributed by atoms with Gasteiger partial charge in [-0.25, -0.2) is 0 Å². The first-order valence-electron chi connectivity index (χ1n) is 31.4. The van der Waals surface area contributed by atoms with Gasteiger partial charge in [-0.3, -0.25) is 9.59 Å². The van der Waals surface area contributed by atoms with Gasteiger partial charge in [-0.1, -0.05) is 290 Å². The van der Waals surface area contributed by atoms with Crippen LogP contribution in [0.1, 0.15) is 296 Å². The SMILES string of the molecule is CC/C=C\C/C=C\C/C=C\C/C=C\C/C=C\C/C=C\C/C=C\C/C=C\CCCCC(=O)OC(CO)COC(=O)CCCCCCCCCCCCCCCCCCCCCCC/C=C\CCCCCCCCCC. The van der Waals surface area contributed by atoms with Crippen molar-refractivity contribution in [2.24, 2.45) is 0 Å². The van der Waals surface area contributed by atoms with Crippen molar-refractivity contribution in [1.82, 2.24) is 0 Å². The molecule has 0 aliphatic rings. The van der Waals surface area contributed by atoms with E-state index in [-0.39, 0.29) is 25.2 Å². The Bertz CT molecular complexity index is 1440. The van der Waals surface area contributed by atoms with E-state index in [0.717, 1.165) is 89.9 Å². The number of esters is 2. The van der Waals surface area contributed by atoms with Crippen LogP contribution in [0, 0.1) is 0 Å². The Morgan fingerprint density at radius 3 is 0.919 bits per heavy atom. The number of carbonyl (C=O) groups excluding carboxylic acids is 2. The molecule has 0 amide bonds. The highest BCUT2D eigenvalue weighted by atomic mass is 16.6. The first kappa shape index (κ1) is 70.6. The van der Waals surface area contributed by atoms with E-state index in [1.165, 1.54) is 180 Å². The molecule has 424 valence electrons. The van der Waals surface area contributed by atoms with Gasteiger partial charge in [-0.05, 0) is 103 Å². The van der Waals surface area contributed by atoms with Gasteiger partial charge in [0.15, 0.2) is 6.10 Å². The van der Waals surface area contributed by atoms with Crippen molar-refractivity contribution in [3.63, 3.8) is 0 Å². The number of hydrogen-bond donors (Lipinski definition) is 1. The van der Waals surface area contributed by atoms with Crippen molar-refractivity contribution < 1.29 is 24.2 Å². The van der Waals surface area contributed by atoms with Gasteiger partial charge in [0.1, 0.15) is 6.61 Å². The molecule has 0 bridgehead atoms. The second-order valence-corrected chi connectivity index (χ2v) is 20.8. The van der Waals surface area contributed by atoms with E-state index in [4.69, 9.17) is 9.47 Å². The Labute approximate surface area is 459 Å². The van der Waals surface area contributed by atoms with Crippen LogP contribution < -0.4 is 0 Å². The zero-order chi connectivity index (χ0) is 53.4. The molecule has 0 aromatic heterocycles. The Morgan fingerprint density at radius 1 is 0.324 bits per heavy atom. The predicted octanol–water partition coefficient (Wildman–Crippen LogP) is 21.6. The molecule has 0 fully saturated rings. The minimum absolute atomic E-state index is 0.0876. The average Bonchev–Trinajstić information content (AvgIpc) is 3.40. The monoisotopic (exact) mass is 1030 g/mol. The molecular weight excluding hydrogens is 909 g/mol. The summed E-state index contributed by atoms with van der Waals surface area (Å²) in [7, 11) is 0. The number of hydrogen-bond acceptors (Lipinski definition) is 5. The van der Waals surface area contributed by atoms with Crippen LogP contribution in [-0.2, 0) is 19.1 Å². The largest absolute Gasteiger partial charge is 0.462 e. The Kier molecular flexibility index (Phi) is 60.9. The predicted molar refractivity (Wildman–Crippen MR) is 325 cm³/mol. The number of allylic oxidation sites excluding steroid dienone is 18. The van der Waals surface area contributed by atoms with E-state index in [1.54, 1.807) is 0 Å². The molecule has 0 spiro atoms. The first-order chi connectivity index (χ1) is 36.6. The molecule has 0 aromatic carbocycles. The Morgan fingerprint density at radius 2 is 0.581 bits per heavy atom. The highest BCUT2D eigenvalue weighted by Crippen LogP contribution is 2.17. The molecule has 1 N–H and O–H groups in total. The summed E-state index contributed by atoms with van der Waals surface area (Å²) in [5.74, 6) is -0.638. The minimum Gasteiger partial charge on any atom is -0.462 e. The van der Waals surface area contributed by atoms with E-state index >= 15 is 0 Å². The first-order valence-corrected chi connectivity index (χ1v) is 31.4. The standard InChI is InChI=1S/C69H118O5/c1-3-5-7-9-11-13-15-17-19-21-23-25-27-29-31-32-33-34-35-36-38-39-41-43-45-47-49-51-53-55-57-59-61-63-68(71)73-66-67(65-70)74-69(72)64-62-60-58-56-54-52-50-48-46-44-42-40-37-30-28-26-24-22-20-18-16-14-12-10-8-6-4-2/h6,8,12,14,18,20-21,23-24,26,30,37,42,44,48,50,54,56,67,70H,3-5,7,9-11,13,15-17,19,22,25,27-29,31-36,38-41,43,45-47,49,51-53,55,57-66H2,1-2H3/b8-6-,14-12-,20-18-,23-21-,26-24-,37-30-,44-42-,50-48-,56-54-. The number of ether oxygens (including phenoxy) is 2. The molecule has 5 heteroatoms. The van der Waals surface area contributed by atoms with E-state index in [0.29, 0.717) is 12.8 Å². The summed E-state index contributed by atoms with van der Waals surface area (Å²) in [6.07, 6.45) is 92.4. The van der Waals surface area contributed by atoms with Gasteiger partial charge in [-0.15, -0.1) is 0 Å². The van der Waals surface area contributed by atoms with E-state index < -0.39 is 6.10 Å². The zero-order valence-corrected chi connectivity index (χ0v) is 48.6. The molecule has 0 saturated heterocycles. The molecule has 1 atom stereocenters. The number of unbranched alkanes of at least 4 members (excludes halogenated alkanes) is 31. The summed E-state index contributed by atoms with van der Waals surface area (Å²) >= 11 is 0. The number of carbonyl (C=O) groups is 2. The molecule has 0 aromatic rings. The van der Waals surface area contributed by atoms with Crippen LogP contribution in [0.25, 0.3) is 0 Å². The number of aliphatic hydroxyl groups is 1. The van der Waals surface area contributed by atoms with Crippen LogP contribution in [0.5, 0.6) is 0 Å². The lowest BCUT2D eigenvalue weighted by Gasteiger charge is -2.15. The van der Waals surface area contributed by atoms with Crippen molar-refractivity contribution >= 4 is 11.9 Å². The molecule has 5 nitrogen and oxygen atoms in total. The second kappa shape index (κ2) is 63.8. The third kappa shape index (κ3) is 61.1. The summed E-state index contributed by atoms with van der Waals surface area (Å²) in [4.78, 5) is 24.6. The fourth-order valence-electron chi connectivity index (χ4n) is 8.86. The molecule has 0 saturated carbocycles. The lowest BCUT2D eigenvalue weighted by molar-refractivity contribution is -0.161. The van der Waals surface area contributed by atoms with Crippen LogP contribution in [0.2, 0.25) is 0 Å². The summed E-state index contributed by atoms with van der Waals surface area (Å²) < 4.78 is 10.7. The molecule has 0 radical (unpaired) electrons. The maximum atomic E-state index is 12.3. The Balaban J connectivity index is 3.53. The fraction of sp³-hybridized carbons (Fsp3) is 0.710. The molecule has 74 heavy (non-hydrogen) atoms. The lowest BCUT2D eigenvalue weighted by atomic mass is 10.0. The average molecular weight is 1030 g/mol. The maximum absolute atomic E-state index is 12.3. The van der Waals surface area contributed by atoms with E-state index in [9.17, 15) is 14.7 Å². The second-order valence-electron chi connectivity index (χ2n) is 20.8. The normalized spacial score (nSPS) is 13.0. The highest BCUT2D eigenvalue weighted by molar-refractivity contribution is 5.70. The van der Waals surface area contributed by atoms with Crippen LogP contribution >= 0.6 is 0 Å². The fourth-order valence-corrected chi connectivity index (χ4v) is 8.86. The third-order valence-corrected chi connectivity index (χ3v) is 13.6. The van der Waals surface area contributed by atoms with Gasteiger partial charge in [0.25, 0.3) is 0 Å². The summed E-state index contributed by atoms with van der Waals surface area (Å²) in [5.41, 5.74) is 0. The quantitative estimate of drug-likeness (QED) is 0.0373. The lowest BCUT2D eigenvalue weighted by Crippen LogP contribution is -2.28. The van der Waals surface area contributed by atoms with Gasteiger partial charge < -0.3 is 14.6 Å². The summed E-state index contributed by atoms with van der Waals surface area (Å²) in [6, 6.07) is 0. The van der Waals surface area contributed by atoms with Crippen molar-refractivity contribution in [3.05, 3.63) is 109 Å². The van der Waals surface area contributed by atoms with Crippen molar-refractivity contribution in [3.8, 4) is 0 Å². The minimum atomic E-state index is -0.803. The molecule has 0 aliphatic carbocycles. The molecule has 0 rings (SSSR count). The molecule has 0 heterocycles. The molecular formula is C69H118O5. The molecule has 0 aliphatic heterocycles. The zero-order valence-electron chi connectivity index (χ0n) is 48.6. The van der Waals surface area contributed by atoms with E-state index in [2.05, 4.69) is 123 Å². The van der Waals surface area contributed by atoms with Crippen LogP contribution in [-0.4, -0.2) is 36.4 Å². The smallest absolute Gasteiger partial charge is 0.306 e. The summed E-state index contributed by atoms with van der Waals surface area (Å²) in [6.45, 7) is 4.01. The Hall–Kier alpha value is -3.44. The van der Waals surface area contributed by atoms with Crippen molar-refractivity contribution in [1.29, 1.82) is 0 Å². The van der Waals surface area contributed by atoms with Gasteiger partial charge in [0.05, 0.1) is 6.61 Å². The van der Waals surface area contributed by atoms with Crippen LogP contribution in [0.15, 0.2) is 109 Å². The van der Waals surface area contributed by atoms with Gasteiger partial charge >= 0.3 is 11.9 Å².